The van der Waals surface area contributed by atoms with E-state index < -0.39 is 9.84 Å². The average molecular weight is 361 g/mol. The van der Waals surface area contributed by atoms with Gasteiger partial charge in [-0.1, -0.05) is 61.3 Å². The van der Waals surface area contributed by atoms with E-state index in [-0.39, 0.29) is 0 Å². The van der Waals surface area contributed by atoms with Gasteiger partial charge in [0, 0.05) is 4.91 Å². The number of hydrogen-bond acceptors (Lipinski definition) is 2. The summed E-state index contributed by atoms with van der Waals surface area (Å²) in [7, 11) is -3.41. The van der Waals surface area contributed by atoms with Crippen molar-refractivity contribution in [2.45, 2.75) is 71.1 Å². The normalized spacial score (nSPS) is 13.0. The zero-order chi connectivity index (χ0) is 18.7. The van der Waals surface area contributed by atoms with Crippen molar-refractivity contribution in [3.8, 4) is 0 Å². The standard InChI is InChI=1S/C22H32O2S/c1-5-6-8-14-22(18-17-20(4)13-11-12-19(2)3)25(23,24)21-15-9-7-10-16-21/h7,9-10,12,15-18H,5-6,8,11,13-14H2,1-4H3/b20-17+,22-18+. The van der Waals surface area contributed by atoms with E-state index in [1.165, 1.54) is 11.1 Å². The van der Waals surface area contributed by atoms with Crippen molar-refractivity contribution in [2.75, 3.05) is 0 Å². The van der Waals surface area contributed by atoms with Gasteiger partial charge in [-0.3, -0.25) is 0 Å². The third-order valence-electron chi connectivity index (χ3n) is 4.07. The van der Waals surface area contributed by atoms with Gasteiger partial charge in [-0.05, 0) is 64.7 Å². The number of unbranched alkanes of at least 4 members (excludes halogenated alkanes) is 2. The van der Waals surface area contributed by atoms with E-state index in [2.05, 4.69) is 33.8 Å². The molecule has 0 aliphatic rings. The number of rotatable bonds is 10. The van der Waals surface area contributed by atoms with E-state index in [0.29, 0.717) is 16.2 Å². The van der Waals surface area contributed by atoms with Crippen molar-refractivity contribution < 1.29 is 8.42 Å². The molecule has 0 aliphatic carbocycles. The van der Waals surface area contributed by atoms with Crippen molar-refractivity contribution in [3.63, 3.8) is 0 Å². The molecule has 1 aromatic rings. The Balaban J connectivity index is 3.01. The van der Waals surface area contributed by atoms with Crippen LogP contribution in [0.4, 0.5) is 0 Å². The van der Waals surface area contributed by atoms with Crippen molar-refractivity contribution in [2.24, 2.45) is 0 Å². The van der Waals surface area contributed by atoms with Crippen LogP contribution in [0, 0.1) is 0 Å². The molecule has 0 saturated heterocycles. The number of hydrogen-bond donors (Lipinski definition) is 0. The van der Waals surface area contributed by atoms with Gasteiger partial charge < -0.3 is 0 Å². The van der Waals surface area contributed by atoms with Gasteiger partial charge >= 0.3 is 0 Å². The first kappa shape index (κ1) is 21.4. The lowest BCUT2D eigenvalue weighted by Gasteiger charge is -2.09. The molecule has 0 spiro atoms. The van der Waals surface area contributed by atoms with E-state index in [0.717, 1.165) is 32.1 Å². The molecular formula is C22H32O2S. The second-order valence-electron chi connectivity index (χ2n) is 6.74. The molecule has 0 bridgehead atoms. The highest BCUT2D eigenvalue weighted by molar-refractivity contribution is 7.95. The zero-order valence-electron chi connectivity index (χ0n) is 16.1. The molecule has 0 aliphatic heterocycles. The Bertz CT molecular complexity index is 704. The van der Waals surface area contributed by atoms with E-state index in [4.69, 9.17) is 0 Å². The smallest absolute Gasteiger partial charge is 0.202 e. The molecular weight excluding hydrogens is 328 g/mol. The Labute approximate surface area is 154 Å². The Morgan fingerprint density at radius 3 is 2.24 bits per heavy atom. The van der Waals surface area contributed by atoms with E-state index >= 15 is 0 Å². The molecule has 0 unspecified atom stereocenters. The molecule has 1 rings (SSSR count). The summed E-state index contributed by atoms with van der Waals surface area (Å²) in [6, 6.07) is 8.74. The maximum atomic E-state index is 12.9. The molecule has 0 amide bonds. The SMILES string of the molecule is CCCCC/C(=C\C=C(/C)CCC=C(C)C)S(=O)(=O)c1ccccc1. The highest BCUT2D eigenvalue weighted by Gasteiger charge is 2.19. The topological polar surface area (TPSA) is 34.1 Å². The monoisotopic (exact) mass is 360 g/mol. The summed E-state index contributed by atoms with van der Waals surface area (Å²) >= 11 is 0. The van der Waals surface area contributed by atoms with Crippen LogP contribution in [-0.2, 0) is 9.84 Å². The molecule has 0 saturated carbocycles. The van der Waals surface area contributed by atoms with Gasteiger partial charge in [-0.15, -0.1) is 0 Å². The maximum absolute atomic E-state index is 12.9. The molecule has 0 atom stereocenters. The van der Waals surface area contributed by atoms with Gasteiger partial charge in [-0.2, -0.15) is 0 Å². The lowest BCUT2D eigenvalue weighted by molar-refractivity contribution is 0.598. The van der Waals surface area contributed by atoms with Gasteiger partial charge in [0.1, 0.15) is 0 Å². The first-order valence-electron chi connectivity index (χ1n) is 9.17. The van der Waals surface area contributed by atoms with Crippen LogP contribution in [0.15, 0.2) is 69.5 Å². The molecule has 0 N–H and O–H groups in total. The number of sulfone groups is 1. The second kappa shape index (κ2) is 11.1. The third-order valence-corrected chi connectivity index (χ3v) is 5.99. The van der Waals surface area contributed by atoms with E-state index in [1.807, 2.05) is 18.2 Å². The first-order valence-corrected chi connectivity index (χ1v) is 10.7. The fourth-order valence-corrected chi connectivity index (χ4v) is 3.99. The summed E-state index contributed by atoms with van der Waals surface area (Å²) in [4.78, 5) is 0.905. The minimum absolute atomic E-state index is 0.383. The number of allylic oxidation sites excluding steroid dienone is 6. The number of benzene rings is 1. The summed E-state index contributed by atoms with van der Waals surface area (Å²) in [6.07, 6.45) is 11.6. The van der Waals surface area contributed by atoms with Crippen LogP contribution in [0.2, 0.25) is 0 Å². The quantitative estimate of drug-likeness (QED) is 0.267. The van der Waals surface area contributed by atoms with Crippen LogP contribution in [0.25, 0.3) is 0 Å². The lowest BCUT2D eigenvalue weighted by atomic mass is 10.1. The van der Waals surface area contributed by atoms with Crippen LogP contribution >= 0.6 is 0 Å². The minimum atomic E-state index is -3.41. The summed E-state index contributed by atoms with van der Waals surface area (Å²) < 4.78 is 25.9. The molecule has 0 aromatic heterocycles. The largest absolute Gasteiger partial charge is 0.219 e. The Hall–Kier alpha value is -1.61. The maximum Gasteiger partial charge on any atom is 0.202 e. The Kier molecular flexibility index (Phi) is 9.51. The van der Waals surface area contributed by atoms with Crippen molar-refractivity contribution >= 4 is 9.84 Å². The lowest BCUT2D eigenvalue weighted by Crippen LogP contribution is -2.05. The van der Waals surface area contributed by atoms with Crippen molar-refractivity contribution in [3.05, 3.63) is 64.6 Å². The summed E-state index contributed by atoms with van der Waals surface area (Å²) in [5.74, 6) is 0. The highest BCUT2D eigenvalue weighted by Crippen LogP contribution is 2.24. The van der Waals surface area contributed by atoms with Gasteiger partial charge in [0.15, 0.2) is 0 Å². The summed E-state index contributed by atoms with van der Waals surface area (Å²) in [5, 5.41) is 0. The van der Waals surface area contributed by atoms with Gasteiger partial charge in [0.05, 0.1) is 4.90 Å². The third kappa shape index (κ3) is 7.87. The van der Waals surface area contributed by atoms with Gasteiger partial charge in [0.25, 0.3) is 0 Å². The highest BCUT2D eigenvalue weighted by atomic mass is 32.2. The molecule has 25 heavy (non-hydrogen) atoms. The summed E-state index contributed by atoms with van der Waals surface area (Å²) in [6.45, 7) is 8.38. The summed E-state index contributed by atoms with van der Waals surface area (Å²) in [5.41, 5.74) is 2.52. The fourth-order valence-electron chi connectivity index (χ4n) is 2.51. The predicted molar refractivity (Wildman–Crippen MR) is 108 cm³/mol. The molecule has 1 aromatic carbocycles. The van der Waals surface area contributed by atoms with Crippen LogP contribution in [0.1, 0.15) is 66.2 Å². The van der Waals surface area contributed by atoms with Crippen LogP contribution < -0.4 is 0 Å². The van der Waals surface area contributed by atoms with Crippen molar-refractivity contribution in [1.82, 2.24) is 0 Å². The van der Waals surface area contributed by atoms with Gasteiger partial charge in [-0.25, -0.2) is 8.42 Å². The van der Waals surface area contributed by atoms with Crippen LogP contribution in [0.5, 0.6) is 0 Å². The van der Waals surface area contributed by atoms with E-state index in [1.54, 1.807) is 24.3 Å². The molecule has 0 radical (unpaired) electrons. The van der Waals surface area contributed by atoms with E-state index in [9.17, 15) is 8.42 Å². The zero-order valence-corrected chi connectivity index (χ0v) is 16.9. The minimum Gasteiger partial charge on any atom is -0.219 e. The molecule has 138 valence electrons. The molecule has 3 heteroatoms. The Morgan fingerprint density at radius 1 is 0.960 bits per heavy atom. The fraction of sp³-hybridized carbons (Fsp3) is 0.455. The molecule has 0 fully saturated rings. The van der Waals surface area contributed by atoms with Gasteiger partial charge in [0.2, 0.25) is 9.84 Å². The average Bonchev–Trinajstić information content (AvgIpc) is 2.58. The first-order chi connectivity index (χ1) is 11.9. The second-order valence-corrected chi connectivity index (χ2v) is 8.74. The molecule has 2 nitrogen and oxygen atoms in total. The van der Waals surface area contributed by atoms with Crippen LogP contribution in [0.3, 0.4) is 0 Å². The predicted octanol–water partition coefficient (Wildman–Crippen LogP) is 6.62. The van der Waals surface area contributed by atoms with Crippen LogP contribution in [-0.4, -0.2) is 8.42 Å². The Morgan fingerprint density at radius 2 is 1.64 bits per heavy atom. The van der Waals surface area contributed by atoms with Crippen molar-refractivity contribution in [1.29, 1.82) is 0 Å². The molecule has 0 heterocycles.